The van der Waals surface area contributed by atoms with Gasteiger partial charge in [-0.15, -0.1) is 0 Å². The summed E-state index contributed by atoms with van der Waals surface area (Å²) in [6, 6.07) is 28.0. The van der Waals surface area contributed by atoms with Crippen molar-refractivity contribution >= 4 is 24.1 Å². The van der Waals surface area contributed by atoms with E-state index in [4.69, 9.17) is 14.2 Å². The van der Waals surface area contributed by atoms with Gasteiger partial charge in [-0.2, -0.15) is 5.10 Å². The van der Waals surface area contributed by atoms with Crippen LogP contribution in [0.15, 0.2) is 121 Å². The van der Waals surface area contributed by atoms with Crippen molar-refractivity contribution in [1.82, 2.24) is 5.43 Å². The molecular formula is C31H24N2O6. The van der Waals surface area contributed by atoms with Gasteiger partial charge in [-0.3, -0.25) is 4.79 Å². The molecule has 4 aromatic rings. The van der Waals surface area contributed by atoms with Crippen LogP contribution in [0.25, 0.3) is 0 Å². The van der Waals surface area contributed by atoms with Crippen molar-refractivity contribution in [3.05, 3.63) is 138 Å². The maximum atomic E-state index is 12.7. The second-order valence-corrected chi connectivity index (χ2v) is 8.03. The first kappa shape index (κ1) is 26.6. The maximum absolute atomic E-state index is 12.7. The minimum absolute atomic E-state index is 0.0870. The normalized spacial score (nSPS) is 10.5. The molecule has 1 amide bonds. The van der Waals surface area contributed by atoms with Crippen molar-refractivity contribution in [2.45, 2.75) is 0 Å². The molecule has 8 heteroatoms. The van der Waals surface area contributed by atoms with Crippen molar-refractivity contribution in [2.75, 3.05) is 6.61 Å². The van der Waals surface area contributed by atoms with E-state index in [2.05, 4.69) is 17.1 Å². The molecule has 0 aliphatic rings. The summed E-state index contributed by atoms with van der Waals surface area (Å²) < 4.78 is 16.5. The van der Waals surface area contributed by atoms with Crippen LogP contribution in [0.1, 0.15) is 36.6 Å². The van der Waals surface area contributed by atoms with E-state index in [-0.39, 0.29) is 11.5 Å². The number of ether oxygens (including phenoxy) is 3. The van der Waals surface area contributed by atoms with Gasteiger partial charge in [0.15, 0.2) is 0 Å². The highest BCUT2D eigenvalue weighted by Gasteiger charge is 2.15. The van der Waals surface area contributed by atoms with E-state index < -0.39 is 17.8 Å². The highest BCUT2D eigenvalue weighted by Crippen LogP contribution is 2.26. The number of hydrogen-bond donors (Lipinski definition) is 1. The molecule has 0 aromatic heterocycles. The Morgan fingerprint density at radius 3 is 1.92 bits per heavy atom. The van der Waals surface area contributed by atoms with Crippen LogP contribution >= 0.6 is 0 Å². The van der Waals surface area contributed by atoms with Crippen molar-refractivity contribution in [3.8, 4) is 17.2 Å². The second-order valence-electron chi connectivity index (χ2n) is 8.03. The standard InChI is InChI=1S/C31H24N2O6/c1-2-19-37-26-16-13-22(14-17-26)29(34)33-32-21-25-15-18-27(38-30(35)23-9-5-3-6-10-23)20-28(25)39-31(36)24-11-7-4-8-12-24/h2-18,20-21H,1,19H2,(H,33,34). The number of carbonyl (C=O) groups excluding carboxylic acids is 3. The molecule has 0 aliphatic carbocycles. The van der Waals surface area contributed by atoms with E-state index in [9.17, 15) is 14.4 Å². The lowest BCUT2D eigenvalue weighted by molar-refractivity contribution is 0.0732. The van der Waals surface area contributed by atoms with Crippen molar-refractivity contribution < 1.29 is 28.6 Å². The van der Waals surface area contributed by atoms with Gasteiger partial charge in [0.05, 0.1) is 17.3 Å². The SMILES string of the molecule is C=CCOc1ccc(C(=O)NN=Cc2ccc(OC(=O)c3ccccc3)cc2OC(=O)c2ccccc2)cc1. The summed E-state index contributed by atoms with van der Waals surface area (Å²) in [5.41, 5.74) is 3.88. The maximum Gasteiger partial charge on any atom is 0.343 e. The predicted molar refractivity (Wildman–Crippen MR) is 146 cm³/mol. The van der Waals surface area contributed by atoms with E-state index >= 15 is 0 Å². The fourth-order valence-electron chi connectivity index (χ4n) is 3.33. The number of benzene rings is 4. The lowest BCUT2D eigenvalue weighted by Gasteiger charge is -2.10. The fourth-order valence-corrected chi connectivity index (χ4v) is 3.33. The van der Waals surface area contributed by atoms with E-state index in [1.54, 1.807) is 97.1 Å². The monoisotopic (exact) mass is 520 g/mol. The highest BCUT2D eigenvalue weighted by atomic mass is 16.5. The molecule has 4 aromatic carbocycles. The van der Waals surface area contributed by atoms with Crippen LogP contribution in [0.4, 0.5) is 0 Å². The minimum Gasteiger partial charge on any atom is -0.490 e. The zero-order valence-corrected chi connectivity index (χ0v) is 20.8. The first-order chi connectivity index (χ1) is 19.0. The summed E-state index contributed by atoms with van der Waals surface area (Å²) in [5.74, 6) is -0.764. The van der Waals surface area contributed by atoms with Gasteiger partial charge in [-0.05, 0) is 60.7 Å². The number of hydrogen-bond acceptors (Lipinski definition) is 7. The van der Waals surface area contributed by atoms with Crippen LogP contribution in [-0.4, -0.2) is 30.7 Å². The zero-order valence-electron chi connectivity index (χ0n) is 20.8. The average molecular weight is 521 g/mol. The quantitative estimate of drug-likeness (QED) is 0.0980. The molecule has 0 fully saturated rings. The number of carbonyl (C=O) groups is 3. The summed E-state index contributed by atoms with van der Waals surface area (Å²) in [5, 5.41) is 4.00. The minimum atomic E-state index is -0.611. The lowest BCUT2D eigenvalue weighted by Crippen LogP contribution is -2.17. The van der Waals surface area contributed by atoms with Crippen LogP contribution < -0.4 is 19.6 Å². The second kappa shape index (κ2) is 13.2. The van der Waals surface area contributed by atoms with Crippen LogP contribution in [0.3, 0.4) is 0 Å². The summed E-state index contributed by atoms with van der Waals surface area (Å²) in [6.45, 7) is 3.95. The van der Waals surface area contributed by atoms with Gasteiger partial charge in [-0.1, -0.05) is 49.1 Å². The summed E-state index contributed by atoms with van der Waals surface area (Å²) >= 11 is 0. The Hall–Kier alpha value is -5.50. The van der Waals surface area contributed by atoms with E-state index in [1.165, 1.54) is 18.3 Å². The lowest BCUT2D eigenvalue weighted by atomic mass is 10.2. The van der Waals surface area contributed by atoms with Crippen molar-refractivity contribution in [2.24, 2.45) is 5.10 Å². The van der Waals surface area contributed by atoms with Gasteiger partial charge in [-0.25, -0.2) is 15.0 Å². The molecule has 194 valence electrons. The van der Waals surface area contributed by atoms with E-state index in [1.807, 2.05) is 0 Å². The largest absolute Gasteiger partial charge is 0.490 e. The fraction of sp³-hybridized carbons (Fsp3) is 0.0323. The van der Waals surface area contributed by atoms with Gasteiger partial charge in [0.2, 0.25) is 0 Å². The third-order valence-corrected chi connectivity index (χ3v) is 5.27. The Balaban J connectivity index is 1.51. The smallest absolute Gasteiger partial charge is 0.343 e. The number of hydrazone groups is 1. The Bertz CT molecular complexity index is 1480. The molecule has 0 aliphatic heterocycles. The third kappa shape index (κ3) is 7.50. The van der Waals surface area contributed by atoms with E-state index in [0.29, 0.717) is 34.6 Å². The van der Waals surface area contributed by atoms with Gasteiger partial charge < -0.3 is 14.2 Å². The third-order valence-electron chi connectivity index (χ3n) is 5.27. The molecule has 39 heavy (non-hydrogen) atoms. The van der Waals surface area contributed by atoms with Gasteiger partial charge in [0.25, 0.3) is 5.91 Å². The van der Waals surface area contributed by atoms with E-state index in [0.717, 1.165) is 0 Å². The van der Waals surface area contributed by atoms with Crippen LogP contribution in [0.2, 0.25) is 0 Å². The number of nitrogens with one attached hydrogen (secondary N) is 1. The number of amides is 1. The average Bonchev–Trinajstić information content (AvgIpc) is 2.98. The highest BCUT2D eigenvalue weighted by molar-refractivity contribution is 5.96. The van der Waals surface area contributed by atoms with Gasteiger partial charge in [0, 0.05) is 17.2 Å². The van der Waals surface area contributed by atoms with Crippen LogP contribution in [-0.2, 0) is 0 Å². The summed E-state index contributed by atoms with van der Waals surface area (Å²) in [4.78, 5) is 37.7. The molecule has 0 heterocycles. The first-order valence-electron chi connectivity index (χ1n) is 11.9. The van der Waals surface area contributed by atoms with Gasteiger partial charge in [0.1, 0.15) is 23.9 Å². The predicted octanol–water partition coefficient (Wildman–Crippen LogP) is 5.45. The Labute approximate surface area is 225 Å². The molecule has 0 unspecified atom stereocenters. The Morgan fingerprint density at radius 2 is 1.31 bits per heavy atom. The molecule has 1 N–H and O–H groups in total. The molecule has 0 saturated heterocycles. The molecule has 0 bridgehead atoms. The Kier molecular flexibility index (Phi) is 8.96. The number of rotatable bonds is 10. The molecule has 0 saturated carbocycles. The molecule has 4 rings (SSSR count). The van der Waals surface area contributed by atoms with Crippen LogP contribution in [0, 0.1) is 0 Å². The molecular weight excluding hydrogens is 496 g/mol. The molecule has 0 spiro atoms. The van der Waals surface area contributed by atoms with Crippen LogP contribution in [0.5, 0.6) is 17.2 Å². The molecule has 0 radical (unpaired) electrons. The summed E-state index contributed by atoms with van der Waals surface area (Å²) in [6.07, 6.45) is 2.95. The Morgan fingerprint density at radius 1 is 0.718 bits per heavy atom. The molecule has 8 nitrogen and oxygen atoms in total. The van der Waals surface area contributed by atoms with Crippen molar-refractivity contribution in [3.63, 3.8) is 0 Å². The topological polar surface area (TPSA) is 103 Å². The first-order valence-corrected chi connectivity index (χ1v) is 11.9. The molecule has 0 atom stereocenters. The number of esters is 2. The van der Waals surface area contributed by atoms with Gasteiger partial charge >= 0.3 is 11.9 Å². The number of nitrogens with zero attached hydrogens (tertiary/aromatic N) is 1. The zero-order chi connectivity index (χ0) is 27.5. The van der Waals surface area contributed by atoms with Crippen molar-refractivity contribution in [1.29, 1.82) is 0 Å². The summed E-state index contributed by atoms with van der Waals surface area (Å²) in [7, 11) is 0.